The Kier molecular flexibility index (Phi) is 112. The van der Waals surface area contributed by atoms with Gasteiger partial charge < -0.3 is 10.1 Å². The lowest BCUT2D eigenvalue weighted by Gasteiger charge is -2.24. The van der Waals surface area contributed by atoms with Crippen LogP contribution in [-0.2, 0) is 56.4 Å². The van der Waals surface area contributed by atoms with Gasteiger partial charge in [-0.15, -0.1) is 0 Å². The molecule has 4 aromatic carbocycles. The van der Waals surface area contributed by atoms with Crippen LogP contribution in [0.1, 0.15) is 425 Å². The van der Waals surface area contributed by atoms with Gasteiger partial charge in [0.2, 0.25) is 0 Å². The van der Waals surface area contributed by atoms with E-state index in [0.29, 0.717) is 13.2 Å². The van der Waals surface area contributed by atoms with Crippen LogP contribution in [0.2, 0.25) is 0 Å². The fourth-order valence-corrected chi connectivity index (χ4v) is 11.6. The minimum absolute atomic E-state index is 0. The lowest BCUT2D eigenvalue weighted by molar-refractivity contribution is 0.143. The normalized spacial score (nSPS) is 16.6. The molecule has 4 fully saturated rings. The van der Waals surface area contributed by atoms with Crippen molar-refractivity contribution in [3.8, 4) is 0 Å². The smallest absolute Gasteiger partial charge is 0.407 e. The van der Waals surface area contributed by atoms with Crippen molar-refractivity contribution in [3.05, 3.63) is 142 Å². The van der Waals surface area contributed by atoms with Crippen molar-refractivity contribution in [3.63, 3.8) is 0 Å². The summed E-state index contributed by atoms with van der Waals surface area (Å²) in [5.74, 6) is 9.66. The minimum Gasteiger partial charge on any atom is -0.445 e. The number of rotatable bonds is 0. The molecule has 0 radical (unpaired) electrons. The maximum atomic E-state index is 10.8. The van der Waals surface area contributed by atoms with E-state index in [1.165, 1.54) is 139 Å². The van der Waals surface area contributed by atoms with Crippen LogP contribution >= 0.6 is 0 Å². The van der Waals surface area contributed by atoms with Gasteiger partial charge in [-0.2, -0.15) is 0 Å². The Morgan fingerprint density at radius 1 is 0.255 bits per heavy atom. The third-order valence-corrected chi connectivity index (χ3v) is 15.1. The Labute approximate surface area is 650 Å². The third kappa shape index (κ3) is 78.7. The first-order chi connectivity index (χ1) is 46.1. The molecule has 0 bridgehead atoms. The SMILES string of the molecule is C.C.C.C.C.C.C1CCC2CCCC2C1.C1CCC2CCCC2C1.CC.CC.CC.CC.CC.CC.CC(C)C.CC(C)C.CC(C)C.CC(C)C.CC(C)C.CC(C)C.O=C1NCc2ccccc2CO1.c1ccc2c(c1)CCCC2.c1ccc2c(c1)CCCC2.c1ccc2c(c1)CCCC2. The number of carbonyl (C=O) groups excluding carboxylic acids is 1. The van der Waals surface area contributed by atoms with Crippen molar-refractivity contribution < 1.29 is 9.53 Å². The Bertz CT molecular complexity index is 1820. The van der Waals surface area contributed by atoms with Gasteiger partial charge in [0, 0.05) is 6.54 Å². The molecular weight excluding hydrogens is 1240 g/mol. The average molecular weight is 1430 g/mol. The second kappa shape index (κ2) is 91.4. The largest absolute Gasteiger partial charge is 0.445 e. The molecule has 12 rings (SSSR count). The van der Waals surface area contributed by atoms with Crippen LogP contribution in [0.3, 0.4) is 0 Å². The molecule has 1 N–H and O–H groups in total. The number of cyclic esters (lactones) is 1. The molecule has 4 saturated carbocycles. The number of aryl methyl sites for hydroxylation is 6. The van der Waals surface area contributed by atoms with E-state index in [1.54, 1.807) is 84.7 Å². The topological polar surface area (TPSA) is 38.3 Å². The monoisotopic (exact) mass is 1430 g/mol. The van der Waals surface area contributed by atoms with Crippen LogP contribution in [-0.4, -0.2) is 6.09 Å². The molecule has 1 heterocycles. The van der Waals surface area contributed by atoms with Crippen LogP contribution in [0.4, 0.5) is 4.79 Å². The fourth-order valence-electron chi connectivity index (χ4n) is 11.6. The molecule has 7 aliphatic carbocycles. The number of ether oxygens (including phenoxy) is 1. The molecule has 4 atom stereocenters. The lowest BCUT2D eigenvalue weighted by Crippen LogP contribution is -2.20. The van der Waals surface area contributed by atoms with E-state index >= 15 is 0 Å². The number of hydrogen-bond acceptors (Lipinski definition) is 2. The van der Waals surface area contributed by atoms with Crippen molar-refractivity contribution in [2.75, 3.05) is 0 Å². The minimum atomic E-state index is -0.341. The zero-order valence-electron chi connectivity index (χ0n) is 70.6. The zero-order chi connectivity index (χ0) is 74.5. The van der Waals surface area contributed by atoms with Crippen molar-refractivity contribution in [2.24, 2.45) is 59.2 Å². The van der Waals surface area contributed by atoms with Crippen molar-refractivity contribution in [1.29, 1.82) is 0 Å². The molecule has 1 amide bonds. The highest BCUT2D eigenvalue weighted by Gasteiger charge is 2.30. The highest BCUT2D eigenvalue weighted by atomic mass is 16.5. The number of alkyl carbamates (subject to hydrolysis) is 1. The van der Waals surface area contributed by atoms with Crippen LogP contribution < -0.4 is 5.32 Å². The first kappa shape index (κ1) is 125. The number of benzene rings is 4. The van der Waals surface area contributed by atoms with Crippen LogP contribution in [0, 0.1) is 59.2 Å². The van der Waals surface area contributed by atoms with Gasteiger partial charge >= 0.3 is 6.09 Å². The van der Waals surface area contributed by atoms with Crippen LogP contribution in [0.5, 0.6) is 0 Å². The van der Waals surface area contributed by atoms with E-state index in [4.69, 9.17) is 4.74 Å². The Morgan fingerprint density at radius 2 is 0.412 bits per heavy atom. The fraction of sp³-hybridized carbons (Fsp3) is 0.747. The standard InChI is InChI=1S/3C10H12.C9H9NO2.2C9H16.6C4H10.6C2H6.6CH4/c3*1-2-6-10-8-4-3-7-9(10)5-1;11-9-10-5-7-3-1-2-4-8(7)6-12-9;2*1-2-5-9-7-3-6-8(9)4-1;6*1-4(2)3;6*1-2;;;;;;/h3*1-2,5-6H,3-4,7-8H2;1-4H,5-6H2,(H,10,11);2*8-9H,1-7H2;6*4H,1-3H3;6*1-2H3;6*1H4. The van der Waals surface area contributed by atoms with E-state index in [-0.39, 0.29) is 50.7 Å². The van der Waals surface area contributed by atoms with Gasteiger partial charge in [-0.25, -0.2) is 4.79 Å². The summed E-state index contributed by atoms with van der Waals surface area (Å²) in [7, 11) is 0. The van der Waals surface area contributed by atoms with Crippen molar-refractivity contribution >= 4 is 6.09 Å². The quantitative estimate of drug-likeness (QED) is 0.191. The number of amides is 1. The summed E-state index contributed by atoms with van der Waals surface area (Å²) in [6.07, 6.45) is 37.5. The lowest BCUT2D eigenvalue weighted by atomic mass is 9.82. The predicted octanol–water partition coefficient (Wildman–Crippen LogP) is 35.0. The van der Waals surface area contributed by atoms with Gasteiger partial charge in [0.05, 0.1) is 0 Å². The third-order valence-electron chi connectivity index (χ3n) is 15.1. The summed E-state index contributed by atoms with van der Waals surface area (Å²) in [5, 5.41) is 2.64. The molecule has 4 unspecified atom stereocenters. The predicted molar refractivity (Wildman–Crippen MR) is 483 cm³/mol. The summed E-state index contributed by atoms with van der Waals surface area (Å²) >= 11 is 0. The number of nitrogens with one attached hydrogen (secondary N) is 1. The molecule has 102 heavy (non-hydrogen) atoms. The first-order valence-electron chi connectivity index (χ1n) is 41.3. The summed E-state index contributed by atoms with van der Waals surface area (Å²) in [5.41, 5.74) is 11.7. The van der Waals surface area contributed by atoms with Crippen LogP contribution in [0.15, 0.2) is 97.1 Å². The van der Waals surface area contributed by atoms with Gasteiger partial charge in [-0.05, 0) is 181 Å². The molecule has 8 aliphatic rings. The van der Waals surface area contributed by atoms with Gasteiger partial charge in [0.25, 0.3) is 0 Å². The Morgan fingerprint density at radius 3 is 0.598 bits per heavy atom. The number of carbonyl (C=O) groups is 1. The molecule has 0 aromatic heterocycles. The van der Waals surface area contributed by atoms with Crippen molar-refractivity contribution in [1.82, 2.24) is 5.32 Å². The van der Waals surface area contributed by atoms with E-state index in [2.05, 4.69) is 203 Å². The average Bonchev–Trinajstić information content (AvgIpc) is 1.19. The highest BCUT2D eigenvalue weighted by molar-refractivity contribution is 5.68. The van der Waals surface area contributed by atoms with E-state index in [9.17, 15) is 4.79 Å². The molecule has 0 spiro atoms. The summed E-state index contributed by atoms with van der Waals surface area (Å²) in [4.78, 5) is 10.8. The van der Waals surface area contributed by atoms with Gasteiger partial charge in [-0.1, -0.05) is 439 Å². The van der Waals surface area contributed by atoms with E-state index in [1.807, 2.05) is 107 Å². The maximum Gasteiger partial charge on any atom is 0.407 e. The van der Waals surface area contributed by atoms with Gasteiger partial charge in [0.1, 0.15) is 6.61 Å². The van der Waals surface area contributed by atoms with Gasteiger partial charge in [0.15, 0.2) is 0 Å². The highest BCUT2D eigenvalue weighted by Crippen LogP contribution is 2.42. The number of fused-ring (bicyclic) bond motifs is 6. The molecule has 0 saturated heterocycles. The number of hydrogen-bond donors (Lipinski definition) is 1. The van der Waals surface area contributed by atoms with E-state index in [0.717, 1.165) is 46.6 Å². The van der Waals surface area contributed by atoms with Crippen molar-refractivity contribution in [2.45, 2.75) is 432 Å². The summed E-state index contributed by atoms with van der Waals surface area (Å²) < 4.78 is 4.88. The van der Waals surface area contributed by atoms with Crippen LogP contribution in [0.25, 0.3) is 0 Å². The maximum absolute atomic E-state index is 10.8. The first-order valence-corrected chi connectivity index (χ1v) is 41.3. The Hall–Kier alpha value is -3.85. The Balaban J connectivity index is -0.0000000866. The molecule has 4 aromatic rings. The summed E-state index contributed by atoms with van der Waals surface area (Å²) in [6, 6.07) is 34.3. The zero-order valence-corrected chi connectivity index (χ0v) is 70.6. The second-order valence-corrected chi connectivity index (χ2v) is 29.5. The van der Waals surface area contributed by atoms with Gasteiger partial charge in [-0.3, -0.25) is 0 Å². The second-order valence-electron chi connectivity index (χ2n) is 29.5. The molecule has 1 aliphatic heterocycles. The van der Waals surface area contributed by atoms with E-state index < -0.39 is 0 Å². The molecule has 3 heteroatoms. The summed E-state index contributed by atoms with van der Waals surface area (Å²) in [6.45, 7) is 63.9. The molecule has 610 valence electrons. The molecule has 3 nitrogen and oxygen atoms in total. The molecular formula is C99H197NO2.